The first kappa shape index (κ1) is 13.1. The van der Waals surface area contributed by atoms with Crippen molar-refractivity contribution in [1.82, 2.24) is 9.97 Å². The van der Waals surface area contributed by atoms with Crippen LogP contribution in [-0.4, -0.2) is 9.97 Å². The average Bonchev–Trinajstić information content (AvgIpc) is 2.16. The summed E-state index contributed by atoms with van der Waals surface area (Å²) in [5, 5.41) is 0. The molecule has 0 radical (unpaired) electrons. The summed E-state index contributed by atoms with van der Waals surface area (Å²) in [5.74, 6) is 0. The molecule has 0 aliphatic carbocycles. The van der Waals surface area contributed by atoms with Crippen molar-refractivity contribution in [2.45, 2.75) is 59.8 Å². The Morgan fingerprint density at radius 3 is 2.00 bits per heavy atom. The molecule has 1 aromatic heterocycles. The largest absolute Gasteiger partial charge is 0.258 e. The van der Waals surface area contributed by atoms with Gasteiger partial charge in [0.2, 0.25) is 0 Å². The highest BCUT2D eigenvalue weighted by atomic mass is 14.8. The second kappa shape index (κ2) is 4.52. The van der Waals surface area contributed by atoms with Crippen LogP contribution in [0.4, 0.5) is 0 Å². The van der Waals surface area contributed by atoms with E-state index in [0.29, 0.717) is 5.41 Å². The van der Waals surface area contributed by atoms with E-state index in [2.05, 4.69) is 51.5 Å². The van der Waals surface area contributed by atoms with Crippen LogP contribution in [0, 0.1) is 5.41 Å². The number of hydrogen-bond acceptors (Lipinski definition) is 2. The van der Waals surface area contributed by atoms with E-state index in [1.54, 1.807) is 0 Å². The molecule has 1 heterocycles. The molecule has 0 saturated carbocycles. The maximum Gasteiger partial charge on any atom is 0.0640 e. The Balaban J connectivity index is 2.80. The Hall–Kier alpha value is -0.920. The van der Waals surface area contributed by atoms with Crippen LogP contribution in [0.5, 0.6) is 0 Å². The summed E-state index contributed by atoms with van der Waals surface area (Å²) in [4.78, 5) is 9.02. The first-order chi connectivity index (χ1) is 7.24. The molecule has 0 saturated heterocycles. The zero-order valence-electron chi connectivity index (χ0n) is 11.5. The summed E-state index contributed by atoms with van der Waals surface area (Å²) in [6, 6.07) is 0. The van der Waals surface area contributed by atoms with Gasteiger partial charge in [-0.3, -0.25) is 9.97 Å². The summed E-state index contributed by atoms with van der Waals surface area (Å²) < 4.78 is 0. The maximum atomic E-state index is 4.52. The Kier molecular flexibility index (Phi) is 3.72. The Morgan fingerprint density at radius 2 is 1.62 bits per heavy atom. The molecule has 0 unspecified atom stereocenters. The second-order valence-electron chi connectivity index (χ2n) is 6.34. The summed E-state index contributed by atoms with van der Waals surface area (Å²) >= 11 is 0. The van der Waals surface area contributed by atoms with Crippen molar-refractivity contribution in [2.75, 3.05) is 0 Å². The topological polar surface area (TPSA) is 25.8 Å². The molecule has 2 nitrogen and oxygen atoms in total. The fraction of sp³-hybridized carbons (Fsp3) is 0.714. The highest BCUT2D eigenvalue weighted by Crippen LogP contribution is 2.25. The minimum atomic E-state index is 0.0891. The predicted octanol–water partition coefficient (Wildman–Crippen LogP) is 3.75. The zero-order chi connectivity index (χ0) is 12.4. The van der Waals surface area contributed by atoms with Crippen LogP contribution in [0.25, 0.3) is 0 Å². The van der Waals surface area contributed by atoms with Gasteiger partial charge in [-0.25, -0.2) is 0 Å². The molecule has 0 aromatic carbocycles. The van der Waals surface area contributed by atoms with Gasteiger partial charge in [0, 0.05) is 17.8 Å². The number of rotatable bonds is 3. The van der Waals surface area contributed by atoms with E-state index >= 15 is 0 Å². The van der Waals surface area contributed by atoms with Crippen molar-refractivity contribution < 1.29 is 0 Å². The first-order valence-electron chi connectivity index (χ1n) is 6.06. The van der Waals surface area contributed by atoms with Crippen molar-refractivity contribution in [3.63, 3.8) is 0 Å². The minimum absolute atomic E-state index is 0.0891. The van der Waals surface area contributed by atoms with Crippen molar-refractivity contribution >= 4 is 0 Å². The fourth-order valence-corrected chi connectivity index (χ4v) is 1.45. The van der Waals surface area contributed by atoms with Gasteiger partial charge in [-0.15, -0.1) is 0 Å². The lowest BCUT2D eigenvalue weighted by molar-refractivity contribution is 0.344. The van der Waals surface area contributed by atoms with E-state index in [-0.39, 0.29) is 5.41 Å². The van der Waals surface area contributed by atoms with E-state index < -0.39 is 0 Å². The summed E-state index contributed by atoms with van der Waals surface area (Å²) in [6.07, 6.45) is 6.01. The SMILES string of the molecule is CCC(C)(C)Cc1cnc(C(C)(C)C)cn1. The Bertz CT molecular complexity index is 331. The second-order valence-corrected chi connectivity index (χ2v) is 6.34. The van der Waals surface area contributed by atoms with Crippen LogP contribution in [0.2, 0.25) is 0 Å². The van der Waals surface area contributed by atoms with Gasteiger partial charge in [0.25, 0.3) is 0 Å². The molecule has 0 aliphatic heterocycles. The highest BCUT2D eigenvalue weighted by Gasteiger charge is 2.19. The molecule has 0 amide bonds. The van der Waals surface area contributed by atoms with Crippen molar-refractivity contribution in [1.29, 1.82) is 0 Å². The molecule has 0 aliphatic rings. The molecule has 90 valence electrons. The number of hydrogen-bond donors (Lipinski definition) is 0. The third-order valence-corrected chi connectivity index (χ3v) is 3.09. The molecule has 0 N–H and O–H groups in total. The lowest BCUT2D eigenvalue weighted by Crippen LogP contribution is -2.17. The molecular weight excluding hydrogens is 196 g/mol. The van der Waals surface area contributed by atoms with E-state index in [1.165, 1.54) is 0 Å². The third-order valence-electron chi connectivity index (χ3n) is 3.09. The average molecular weight is 220 g/mol. The number of aromatic nitrogens is 2. The molecule has 0 bridgehead atoms. The van der Waals surface area contributed by atoms with Crippen LogP contribution in [0.1, 0.15) is 59.4 Å². The zero-order valence-corrected chi connectivity index (χ0v) is 11.5. The van der Waals surface area contributed by atoms with Crippen LogP contribution in [0.3, 0.4) is 0 Å². The van der Waals surface area contributed by atoms with E-state index in [1.807, 2.05) is 12.4 Å². The predicted molar refractivity (Wildman–Crippen MR) is 68.5 cm³/mol. The van der Waals surface area contributed by atoms with E-state index in [4.69, 9.17) is 0 Å². The van der Waals surface area contributed by atoms with Gasteiger partial charge >= 0.3 is 0 Å². The molecule has 0 fully saturated rings. The molecule has 2 heteroatoms. The lowest BCUT2D eigenvalue weighted by atomic mass is 9.85. The molecule has 1 rings (SSSR count). The molecule has 0 atom stereocenters. The van der Waals surface area contributed by atoms with Crippen molar-refractivity contribution in [3.05, 3.63) is 23.8 Å². The first-order valence-corrected chi connectivity index (χ1v) is 6.06. The van der Waals surface area contributed by atoms with Gasteiger partial charge in [0.15, 0.2) is 0 Å². The van der Waals surface area contributed by atoms with Gasteiger partial charge in [-0.1, -0.05) is 48.0 Å². The third kappa shape index (κ3) is 3.58. The van der Waals surface area contributed by atoms with Crippen LogP contribution in [-0.2, 0) is 11.8 Å². The summed E-state index contributed by atoms with van der Waals surface area (Å²) in [6.45, 7) is 13.2. The summed E-state index contributed by atoms with van der Waals surface area (Å²) in [5.41, 5.74) is 2.56. The van der Waals surface area contributed by atoms with E-state index in [9.17, 15) is 0 Å². The standard InChI is InChI=1S/C14H24N2/c1-7-14(5,6)8-11-9-16-12(10-15-11)13(2,3)4/h9-10H,7-8H2,1-6H3. The van der Waals surface area contributed by atoms with Gasteiger partial charge < -0.3 is 0 Å². The van der Waals surface area contributed by atoms with E-state index in [0.717, 1.165) is 24.2 Å². The monoisotopic (exact) mass is 220 g/mol. The van der Waals surface area contributed by atoms with Crippen LogP contribution in [0.15, 0.2) is 12.4 Å². The molecular formula is C14H24N2. The van der Waals surface area contributed by atoms with Gasteiger partial charge in [-0.2, -0.15) is 0 Å². The lowest BCUT2D eigenvalue weighted by Gasteiger charge is -2.22. The smallest absolute Gasteiger partial charge is 0.0640 e. The van der Waals surface area contributed by atoms with Crippen LogP contribution >= 0.6 is 0 Å². The summed E-state index contributed by atoms with van der Waals surface area (Å²) in [7, 11) is 0. The van der Waals surface area contributed by atoms with Crippen molar-refractivity contribution in [3.8, 4) is 0 Å². The Labute approximate surface area is 99.5 Å². The Morgan fingerprint density at radius 1 is 1.00 bits per heavy atom. The fourth-order valence-electron chi connectivity index (χ4n) is 1.45. The van der Waals surface area contributed by atoms with Gasteiger partial charge in [-0.05, 0) is 11.8 Å². The molecule has 0 spiro atoms. The van der Waals surface area contributed by atoms with Gasteiger partial charge in [0.05, 0.1) is 11.4 Å². The van der Waals surface area contributed by atoms with Crippen molar-refractivity contribution in [2.24, 2.45) is 5.41 Å². The molecule has 16 heavy (non-hydrogen) atoms. The normalized spacial score (nSPS) is 12.9. The van der Waals surface area contributed by atoms with Gasteiger partial charge in [0.1, 0.15) is 0 Å². The maximum absolute atomic E-state index is 4.52. The highest BCUT2D eigenvalue weighted by molar-refractivity contribution is 5.11. The van der Waals surface area contributed by atoms with Crippen LogP contribution < -0.4 is 0 Å². The number of nitrogens with zero attached hydrogens (tertiary/aromatic N) is 2. The quantitative estimate of drug-likeness (QED) is 0.775. The molecule has 1 aromatic rings. The minimum Gasteiger partial charge on any atom is -0.258 e.